The predicted octanol–water partition coefficient (Wildman–Crippen LogP) is -0.349. The van der Waals surface area contributed by atoms with Gasteiger partial charge in [-0.1, -0.05) is 0 Å². The number of alkyl carbamates (subject to hydrolysis) is 1. The molecule has 3 N–H and O–H groups in total. The molecule has 1 unspecified atom stereocenters. The van der Waals surface area contributed by atoms with E-state index < -0.39 is 23.7 Å². The summed E-state index contributed by atoms with van der Waals surface area (Å²) in [5.74, 6) is -0.392. The number of hydrogen-bond acceptors (Lipinski definition) is 4. The van der Waals surface area contributed by atoms with Gasteiger partial charge in [0.25, 0.3) is 0 Å². The molecule has 2 fully saturated rings. The zero-order valence-corrected chi connectivity index (χ0v) is 24.1. The molecule has 2 saturated carbocycles. The van der Waals surface area contributed by atoms with E-state index in [1.54, 1.807) is 6.92 Å². The van der Waals surface area contributed by atoms with E-state index in [9.17, 15) is 9.59 Å². The molecule has 7 nitrogen and oxygen atoms in total. The standard InChI is InChI=1S/C24H43N3O4Se.BrH/c1-5-30-21(28)20(27-23(29)31-24(2,3)4)16-17-32-22(25-18-12-8-6-9-13-18)26-19-14-10-7-11-15-19;/h18-20H,5-17H2,1-4H3,(H,25,26)(H,27,29);1H/i32-4;. The second-order valence-electron chi connectivity index (χ2n) is 9.88. The van der Waals surface area contributed by atoms with Crippen molar-refractivity contribution in [2.24, 2.45) is 0 Å². The SMILES string of the molecule is CCOC(=O)C(CC[75Se]C(NC1CCCCC1)=[NH+]C1CCCCC1)NC(=O)OC(C)(C)C.[Br-]. The van der Waals surface area contributed by atoms with Crippen LogP contribution in [0.25, 0.3) is 0 Å². The molecule has 9 heteroatoms. The van der Waals surface area contributed by atoms with Crippen molar-refractivity contribution in [2.45, 2.75) is 127 Å². The Hall–Kier alpha value is -0.791. The molecular weight excluding hydrogens is 549 g/mol. The van der Waals surface area contributed by atoms with Crippen LogP contribution in [0.3, 0.4) is 0 Å². The quantitative estimate of drug-likeness (QED) is 0.147. The second kappa shape index (κ2) is 16.0. The van der Waals surface area contributed by atoms with Crippen LogP contribution in [0.4, 0.5) is 4.79 Å². The average molecular weight is 593 g/mol. The Kier molecular flexibility index (Phi) is 14.6. The Morgan fingerprint density at radius 3 is 2.21 bits per heavy atom. The first kappa shape index (κ1) is 30.2. The molecule has 1 atom stereocenters. The largest absolute Gasteiger partial charge is 1.00 e. The first-order valence-electron chi connectivity index (χ1n) is 12.5. The van der Waals surface area contributed by atoms with E-state index in [4.69, 9.17) is 9.47 Å². The minimum atomic E-state index is -0.683. The Morgan fingerprint density at radius 1 is 1.03 bits per heavy atom. The number of amidine groups is 1. The summed E-state index contributed by atoms with van der Waals surface area (Å²) in [4.78, 5) is 28.5. The minimum absolute atomic E-state index is 0. The van der Waals surface area contributed by atoms with Crippen LogP contribution >= 0.6 is 0 Å². The van der Waals surface area contributed by atoms with Gasteiger partial charge in [-0.25, -0.2) is 0 Å². The zero-order chi connectivity index (χ0) is 23.4. The number of carbonyl (C=O) groups excluding carboxylic acids is 2. The first-order chi connectivity index (χ1) is 15.3. The van der Waals surface area contributed by atoms with Crippen LogP contribution in [0, 0.1) is 0 Å². The maximum atomic E-state index is 12.4. The van der Waals surface area contributed by atoms with Crippen molar-refractivity contribution < 1.29 is 41.0 Å². The summed E-state index contributed by atoms with van der Waals surface area (Å²) in [6.07, 6.45) is 12.8. The molecule has 0 aromatic carbocycles. The van der Waals surface area contributed by atoms with Crippen LogP contribution in [0.1, 0.15) is 98.3 Å². The monoisotopic (exact) mass is 592 g/mol. The third-order valence-electron chi connectivity index (χ3n) is 5.80. The summed E-state index contributed by atoms with van der Waals surface area (Å²) < 4.78 is 11.8. The number of nitrogens with one attached hydrogen (secondary N) is 3. The van der Waals surface area contributed by atoms with E-state index in [0.29, 0.717) is 25.1 Å². The second-order valence-corrected chi connectivity index (χ2v) is 12.2. The number of carbonyl (C=O) groups is 2. The number of amides is 1. The average Bonchev–Trinajstić information content (AvgIpc) is 2.73. The number of ether oxygens (including phenoxy) is 2. The molecule has 192 valence electrons. The molecule has 2 aliphatic rings. The molecule has 0 bridgehead atoms. The van der Waals surface area contributed by atoms with Crippen LogP contribution in [0.15, 0.2) is 0 Å². The molecule has 0 saturated heterocycles. The van der Waals surface area contributed by atoms with Crippen molar-refractivity contribution in [3.8, 4) is 0 Å². The van der Waals surface area contributed by atoms with E-state index >= 15 is 0 Å². The van der Waals surface area contributed by atoms with E-state index in [2.05, 4.69) is 15.6 Å². The van der Waals surface area contributed by atoms with E-state index in [0.717, 1.165) is 5.32 Å². The first-order valence-corrected chi connectivity index (χ1v) is 14.5. The fourth-order valence-corrected chi connectivity index (χ4v) is 6.43. The maximum Gasteiger partial charge on any atom is -1.00 e. The van der Waals surface area contributed by atoms with Crippen LogP contribution in [-0.4, -0.2) is 62.1 Å². The van der Waals surface area contributed by atoms with Crippen LogP contribution in [0.2, 0.25) is 5.32 Å². The molecule has 2 aliphatic carbocycles. The van der Waals surface area contributed by atoms with Crippen molar-refractivity contribution in [3.63, 3.8) is 0 Å². The maximum absolute atomic E-state index is 12.4. The normalized spacial score (nSPS) is 19.2. The molecule has 1 amide bonds. The fraction of sp³-hybridized carbons (Fsp3) is 0.875. The third-order valence-corrected chi connectivity index (χ3v) is 7.82. The Balaban J connectivity index is 0.00000544. The molecule has 0 aromatic rings. The number of rotatable bonds is 9. The minimum Gasteiger partial charge on any atom is -1.00 e. The Labute approximate surface area is 216 Å². The van der Waals surface area contributed by atoms with E-state index in [1.807, 2.05) is 20.8 Å². The van der Waals surface area contributed by atoms with Gasteiger partial charge in [0.15, 0.2) is 0 Å². The molecule has 33 heavy (non-hydrogen) atoms. The van der Waals surface area contributed by atoms with Crippen molar-refractivity contribution >= 4 is 31.8 Å². The molecule has 0 radical (unpaired) electrons. The van der Waals surface area contributed by atoms with Crippen molar-refractivity contribution in [3.05, 3.63) is 0 Å². The Morgan fingerprint density at radius 2 is 1.64 bits per heavy atom. The van der Waals surface area contributed by atoms with Gasteiger partial charge in [0, 0.05) is 0 Å². The summed E-state index contributed by atoms with van der Waals surface area (Å²) in [6, 6.07) is 0.423. The summed E-state index contributed by atoms with van der Waals surface area (Å²) >= 11 is 0.176. The molecule has 2 rings (SSSR count). The van der Waals surface area contributed by atoms with Gasteiger partial charge >= 0.3 is 200 Å². The number of esters is 1. The number of halogens is 1. The van der Waals surface area contributed by atoms with E-state index in [-0.39, 0.29) is 31.9 Å². The predicted molar refractivity (Wildman–Crippen MR) is 128 cm³/mol. The van der Waals surface area contributed by atoms with Gasteiger partial charge in [-0.2, -0.15) is 0 Å². The van der Waals surface area contributed by atoms with Gasteiger partial charge in [-0.05, 0) is 0 Å². The molecule has 0 aromatic heterocycles. The van der Waals surface area contributed by atoms with Crippen LogP contribution < -0.4 is 32.6 Å². The van der Waals surface area contributed by atoms with Gasteiger partial charge in [0.1, 0.15) is 0 Å². The number of hydrogen-bond donors (Lipinski definition) is 3. The topological polar surface area (TPSA) is 90.6 Å². The van der Waals surface area contributed by atoms with Gasteiger partial charge in [0.2, 0.25) is 0 Å². The molecule has 0 spiro atoms. The molecule has 0 heterocycles. The summed E-state index contributed by atoms with van der Waals surface area (Å²) in [5, 5.41) is 7.36. The van der Waals surface area contributed by atoms with Crippen molar-refractivity contribution in [2.75, 3.05) is 6.61 Å². The van der Waals surface area contributed by atoms with Crippen molar-refractivity contribution in [1.29, 1.82) is 0 Å². The van der Waals surface area contributed by atoms with Gasteiger partial charge in [-0.3, -0.25) is 0 Å². The van der Waals surface area contributed by atoms with Crippen LogP contribution in [0.5, 0.6) is 0 Å². The fourth-order valence-electron chi connectivity index (χ4n) is 4.21. The van der Waals surface area contributed by atoms with Crippen molar-refractivity contribution in [1.82, 2.24) is 10.6 Å². The third kappa shape index (κ3) is 13.0. The summed E-state index contributed by atoms with van der Waals surface area (Å²) in [5.41, 5.74) is -0.609. The van der Waals surface area contributed by atoms with E-state index in [1.165, 1.54) is 68.9 Å². The van der Waals surface area contributed by atoms with Gasteiger partial charge < -0.3 is 17.0 Å². The zero-order valence-electron chi connectivity index (χ0n) is 20.8. The van der Waals surface area contributed by atoms with Crippen LogP contribution in [-0.2, 0) is 14.3 Å². The summed E-state index contributed by atoms with van der Waals surface area (Å²) in [6.45, 7) is 7.50. The molecular formula is C24H44BrN3O4Se. The van der Waals surface area contributed by atoms with Gasteiger partial charge in [-0.15, -0.1) is 0 Å². The smallest absolute Gasteiger partial charge is 1.00 e. The summed E-state index contributed by atoms with van der Waals surface area (Å²) in [7, 11) is 0. The van der Waals surface area contributed by atoms with Gasteiger partial charge in [0.05, 0.1) is 0 Å². The Bertz CT molecular complexity index is 615. The molecule has 0 aliphatic heterocycles.